The average molecular weight is 364 g/mol. The van der Waals surface area contributed by atoms with Crippen molar-refractivity contribution in [3.8, 4) is 0 Å². The quantitative estimate of drug-likeness (QED) is 0.463. The molecule has 4 bridgehead atoms. The second-order valence-corrected chi connectivity index (χ2v) is 9.97. The van der Waals surface area contributed by atoms with Gasteiger partial charge in [-0.05, 0) is 42.6 Å². The van der Waals surface area contributed by atoms with Crippen molar-refractivity contribution in [2.45, 2.75) is 63.6 Å². The van der Waals surface area contributed by atoms with Crippen LogP contribution in [0.15, 0.2) is 12.2 Å². The SMILES string of the molecule is C=C1C(=O)[C@@]23[C@H](O)[C@H]1CC[C@@H]2[C@]12CO[C@@]3(O)[C@@H](O)[C@@H]1C(C)(C)CC[C@@H]2O. The average Bonchev–Trinajstić information content (AvgIpc) is 2.69. The minimum Gasteiger partial charge on any atom is -0.392 e. The van der Waals surface area contributed by atoms with Crippen LogP contribution in [0.5, 0.6) is 0 Å². The number of rotatable bonds is 0. The van der Waals surface area contributed by atoms with E-state index in [1.807, 2.05) is 13.8 Å². The zero-order valence-corrected chi connectivity index (χ0v) is 15.3. The molecule has 2 heterocycles. The Kier molecular flexibility index (Phi) is 3.07. The number of aliphatic hydroxyl groups is 4. The van der Waals surface area contributed by atoms with Gasteiger partial charge in [-0.1, -0.05) is 20.4 Å². The van der Waals surface area contributed by atoms with Crippen molar-refractivity contribution >= 4 is 5.78 Å². The van der Waals surface area contributed by atoms with E-state index in [9.17, 15) is 25.2 Å². The first-order chi connectivity index (χ1) is 12.1. The van der Waals surface area contributed by atoms with Crippen LogP contribution in [0.4, 0.5) is 0 Å². The zero-order chi connectivity index (χ0) is 18.9. The molecule has 2 saturated heterocycles. The lowest BCUT2D eigenvalue weighted by molar-refractivity contribution is -0.458. The number of carbonyl (C=O) groups excluding carboxylic acids is 1. The van der Waals surface area contributed by atoms with E-state index in [0.717, 1.165) is 6.42 Å². The smallest absolute Gasteiger partial charge is 0.208 e. The normalized spacial score (nSPS) is 59.9. The third-order valence-corrected chi connectivity index (χ3v) is 8.88. The van der Waals surface area contributed by atoms with Crippen molar-refractivity contribution in [1.29, 1.82) is 0 Å². The molecule has 2 spiro atoms. The summed E-state index contributed by atoms with van der Waals surface area (Å²) in [5.41, 5.74) is -2.49. The fraction of sp³-hybridized carbons (Fsp3) is 0.850. The van der Waals surface area contributed by atoms with E-state index in [0.29, 0.717) is 24.8 Å². The van der Waals surface area contributed by atoms with Crippen molar-refractivity contribution < 1.29 is 30.0 Å². The maximum absolute atomic E-state index is 13.3. The monoisotopic (exact) mass is 364 g/mol. The van der Waals surface area contributed by atoms with Gasteiger partial charge in [-0.15, -0.1) is 0 Å². The first kappa shape index (κ1) is 17.3. The maximum atomic E-state index is 13.3. The van der Waals surface area contributed by atoms with Crippen molar-refractivity contribution in [1.82, 2.24) is 0 Å². The lowest BCUT2D eigenvalue weighted by Crippen LogP contribution is -2.85. The Balaban J connectivity index is 1.81. The molecule has 0 radical (unpaired) electrons. The molecule has 144 valence electrons. The van der Waals surface area contributed by atoms with Crippen LogP contribution in [0, 0.1) is 34.0 Å². The summed E-state index contributed by atoms with van der Waals surface area (Å²) < 4.78 is 5.80. The van der Waals surface area contributed by atoms with Gasteiger partial charge in [-0.2, -0.15) is 0 Å². The van der Waals surface area contributed by atoms with Gasteiger partial charge in [0.25, 0.3) is 0 Å². The number of aliphatic hydroxyl groups excluding tert-OH is 3. The third-order valence-electron chi connectivity index (χ3n) is 8.88. The fourth-order valence-corrected chi connectivity index (χ4v) is 7.90. The number of Topliss-reactive ketones (excluding diaryl/α,β-unsaturated/α-hetero) is 1. The van der Waals surface area contributed by atoms with Crippen LogP contribution in [0.1, 0.15) is 39.5 Å². The van der Waals surface area contributed by atoms with Gasteiger partial charge in [0, 0.05) is 17.3 Å². The zero-order valence-electron chi connectivity index (χ0n) is 15.3. The van der Waals surface area contributed by atoms with Crippen LogP contribution in [0.3, 0.4) is 0 Å². The molecule has 0 aromatic rings. The molecule has 6 fully saturated rings. The summed E-state index contributed by atoms with van der Waals surface area (Å²) in [7, 11) is 0. The first-order valence-electron chi connectivity index (χ1n) is 9.71. The summed E-state index contributed by atoms with van der Waals surface area (Å²) in [6.07, 6.45) is -0.747. The lowest BCUT2D eigenvalue weighted by atomic mass is 9.35. The largest absolute Gasteiger partial charge is 0.392 e. The minimum atomic E-state index is -2.15. The minimum absolute atomic E-state index is 0.0966. The third kappa shape index (κ3) is 1.41. The molecule has 4 N–H and O–H groups in total. The van der Waals surface area contributed by atoms with Crippen LogP contribution < -0.4 is 0 Å². The first-order valence-corrected chi connectivity index (χ1v) is 9.71. The van der Waals surface area contributed by atoms with E-state index < -0.39 is 58.5 Å². The van der Waals surface area contributed by atoms with Crippen LogP contribution in [0.2, 0.25) is 0 Å². The second-order valence-electron chi connectivity index (χ2n) is 9.97. The number of hydrogen-bond donors (Lipinski definition) is 4. The molecule has 6 heteroatoms. The predicted octanol–water partition coefficient (Wildman–Crippen LogP) is 0.376. The van der Waals surface area contributed by atoms with Gasteiger partial charge in [0.1, 0.15) is 11.5 Å². The van der Waals surface area contributed by atoms with Crippen molar-refractivity contribution in [3.63, 3.8) is 0 Å². The van der Waals surface area contributed by atoms with Gasteiger partial charge < -0.3 is 25.2 Å². The Hall–Kier alpha value is -0.790. The van der Waals surface area contributed by atoms with E-state index in [1.165, 1.54) is 0 Å². The van der Waals surface area contributed by atoms with Gasteiger partial charge in [0.15, 0.2) is 5.78 Å². The number of fused-ring (bicyclic) bond motifs is 2. The summed E-state index contributed by atoms with van der Waals surface area (Å²) in [5, 5.41) is 45.1. The van der Waals surface area contributed by atoms with Crippen molar-refractivity contribution in [2.24, 2.45) is 34.0 Å². The Morgan fingerprint density at radius 3 is 2.50 bits per heavy atom. The number of carbonyl (C=O) groups is 1. The molecule has 0 unspecified atom stereocenters. The lowest BCUT2D eigenvalue weighted by Gasteiger charge is -2.74. The molecule has 2 aliphatic heterocycles. The van der Waals surface area contributed by atoms with Gasteiger partial charge >= 0.3 is 0 Å². The van der Waals surface area contributed by atoms with Crippen molar-refractivity contribution in [3.05, 3.63) is 12.2 Å². The molecule has 4 saturated carbocycles. The number of ether oxygens (including phenoxy) is 1. The molecule has 0 aromatic carbocycles. The molecule has 6 rings (SSSR count). The number of hydrogen-bond acceptors (Lipinski definition) is 6. The van der Waals surface area contributed by atoms with Crippen LogP contribution in [-0.4, -0.2) is 56.9 Å². The maximum Gasteiger partial charge on any atom is 0.208 e. The Morgan fingerprint density at radius 1 is 1.12 bits per heavy atom. The van der Waals surface area contributed by atoms with Gasteiger partial charge in [0.05, 0.1) is 18.8 Å². The molecule has 6 aliphatic rings. The second kappa shape index (κ2) is 4.61. The van der Waals surface area contributed by atoms with E-state index in [-0.39, 0.29) is 12.0 Å². The van der Waals surface area contributed by atoms with Gasteiger partial charge in [-0.25, -0.2) is 0 Å². The molecule has 4 aliphatic carbocycles. The fourth-order valence-electron chi connectivity index (χ4n) is 7.90. The summed E-state index contributed by atoms with van der Waals surface area (Å²) in [6, 6.07) is 0. The van der Waals surface area contributed by atoms with E-state index in [2.05, 4.69) is 6.58 Å². The molecule has 26 heavy (non-hydrogen) atoms. The van der Waals surface area contributed by atoms with Crippen LogP contribution in [-0.2, 0) is 9.53 Å². The summed E-state index contributed by atoms with van der Waals surface area (Å²) in [5.74, 6) is -3.80. The van der Waals surface area contributed by atoms with Gasteiger partial charge in [0.2, 0.25) is 5.79 Å². The van der Waals surface area contributed by atoms with Crippen molar-refractivity contribution in [2.75, 3.05) is 6.61 Å². The van der Waals surface area contributed by atoms with Crippen LogP contribution >= 0.6 is 0 Å². The van der Waals surface area contributed by atoms with Gasteiger partial charge in [-0.3, -0.25) is 4.79 Å². The highest BCUT2D eigenvalue weighted by atomic mass is 16.6. The summed E-state index contributed by atoms with van der Waals surface area (Å²) in [4.78, 5) is 13.3. The molecule has 9 atom stereocenters. The Bertz CT molecular complexity index is 717. The highest BCUT2D eigenvalue weighted by molar-refractivity contribution is 6.05. The molecular formula is C20H28O6. The highest BCUT2D eigenvalue weighted by Gasteiger charge is 2.86. The standard InChI is InChI=1S/C20H28O6/c1-9-10-4-5-11-18-8-26-20(25,19(11,14(9)22)15(10)23)16(24)13(18)17(2,3)7-6-12(18)21/h10-13,15-16,21,23-25H,1,4-8H2,2-3H3/t10-,11+,12-,13+,15+,16-,18-,19+,20-/m0/s1. The van der Waals surface area contributed by atoms with E-state index >= 15 is 0 Å². The Morgan fingerprint density at radius 2 is 1.81 bits per heavy atom. The molecular weight excluding hydrogens is 336 g/mol. The molecule has 6 nitrogen and oxygen atoms in total. The molecule has 0 aromatic heterocycles. The van der Waals surface area contributed by atoms with E-state index in [1.54, 1.807) is 0 Å². The summed E-state index contributed by atoms with van der Waals surface area (Å²) in [6.45, 7) is 8.07. The highest BCUT2D eigenvalue weighted by Crippen LogP contribution is 2.76. The summed E-state index contributed by atoms with van der Waals surface area (Å²) >= 11 is 0. The number of ketones is 1. The van der Waals surface area contributed by atoms with Crippen LogP contribution in [0.25, 0.3) is 0 Å². The topological polar surface area (TPSA) is 107 Å². The predicted molar refractivity (Wildman–Crippen MR) is 90.7 cm³/mol. The Labute approximate surface area is 152 Å². The molecule has 0 amide bonds. The van der Waals surface area contributed by atoms with E-state index in [4.69, 9.17) is 4.74 Å².